The van der Waals surface area contributed by atoms with E-state index in [1.54, 1.807) is 37.4 Å². The average Bonchev–Trinajstić information content (AvgIpc) is 2.66. The van der Waals surface area contributed by atoms with Gasteiger partial charge in [-0.3, -0.25) is 14.9 Å². The molecule has 1 amide bonds. The maximum Gasteiger partial charge on any atom is 0.296 e. The van der Waals surface area contributed by atoms with Crippen LogP contribution in [0.4, 0.5) is 11.4 Å². The lowest BCUT2D eigenvalue weighted by Crippen LogP contribution is -2.30. The first-order valence-electron chi connectivity index (χ1n) is 8.80. The zero-order chi connectivity index (χ0) is 20.5. The summed E-state index contributed by atoms with van der Waals surface area (Å²) < 4.78 is 10.9. The third-order valence-electron chi connectivity index (χ3n) is 4.59. The molecule has 0 saturated heterocycles. The molecule has 1 aliphatic rings. The van der Waals surface area contributed by atoms with Gasteiger partial charge in [-0.25, -0.2) is 0 Å². The maximum absolute atomic E-state index is 12.7. The molecule has 28 heavy (non-hydrogen) atoms. The molecule has 3 rings (SSSR count). The summed E-state index contributed by atoms with van der Waals surface area (Å²) in [6.45, 7) is 3.74. The number of carbonyl (C=O) groups excluding carboxylic acids is 1. The number of hydrogen-bond acceptors (Lipinski definition) is 5. The molecule has 0 radical (unpaired) electrons. The van der Waals surface area contributed by atoms with Gasteiger partial charge in [0.1, 0.15) is 22.8 Å². The molecule has 0 bridgehead atoms. The Bertz CT molecular complexity index is 948. The van der Waals surface area contributed by atoms with Gasteiger partial charge in [0, 0.05) is 12.6 Å². The molecule has 0 spiro atoms. The average molecular weight is 382 g/mol. The van der Waals surface area contributed by atoms with Gasteiger partial charge in [-0.1, -0.05) is 18.2 Å². The van der Waals surface area contributed by atoms with Crippen molar-refractivity contribution in [3.63, 3.8) is 0 Å². The summed E-state index contributed by atoms with van der Waals surface area (Å²) in [5.41, 5.74) is 1.01. The van der Waals surface area contributed by atoms with Crippen molar-refractivity contribution < 1.29 is 19.2 Å². The number of benzene rings is 2. The van der Waals surface area contributed by atoms with Crippen LogP contribution in [-0.2, 0) is 11.2 Å². The fourth-order valence-corrected chi connectivity index (χ4v) is 2.99. The van der Waals surface area contributed by atoms with Crippen LogP contribution in [0.3, 0.4) is 0 Å². The zero-order valence-electron chi connectivity index (χ0n) is 16.3. The summed E-state index contributed by atoms with van der Waals surface area (Å²) in [7, 11) is 3.11. The van der Waals surface area contributed by atoms with Crippen LogP contribution in [0.15, 0.2) is 42.5 Å². The van der Waals surface area contributed by atoms with E-state index in [1.807, 2.05) is 26.0 Å². The predicted molar refractivity (Wildman–Crippen MR) is 107 cm³/mol. The Morgan fingerprint density at radius 2 is 1.93 bits per heavy atom. The van der Waals surface area contributed by atoms with E-state index in [2.05, 4.69) is 0 Å². The lowest BCUT2D eigenvalue weighted by molar-refractivity contribution is -0.384. The Morgan fingerprint density at radius 1 is 1.25 bits per heavy atom. The Morgan fingerprint density at radius 3 is 2.54 bits per heavy atom. The Kier molecular flexibility index (Phi) is 5.09. The van der Waals surface area contributed by atoms with Crippen LogP contribution >= 0.6 is 0 Å². The Balaban J connectivity index is 1.90. The highest BCUT2D eigenvalue weighted by Crippen LogP contribution is 2.39. The minimum absolute atomic E-state index is 0.119. The lowest BCUT2D eigenvalue weighted by atomic mass is 10.0. The van der Waals surface area contributed by atoms with E-state index in [1.165, 1.54) is 18.0 Å². The molecule has 0 saturated carbocycles. The van der Waals surface area contributed by atoms with Gasteiger partial charge in [0.25, 0.3) is 5.69 Å². The summed E-state index contributed by atoms with van der Waals surface area (Å²) >= 11 is 0. The molecule has 2 aromatic carbocycles. The number of amides is 1. The van der Waals surface area contributed by atoms with E-state index in [9.17, 15) is 14.9 Å². The summed E-state index contributed by atoms with van der Waals surface area (Å²) in [5.74, 6) is 0.873. The summed E-state index contributed by atoms with van der Waals surface area (Å²) in [6.07, 6.45) is 3.85. The van der Waals surface area contributed by atoms with Crippen LogP contribution in [0.25, 0.3) is 6.08 Å². The first-order chi connectivity index (χ1) is 13.2. The van der Waals surface area contributed by atoms with Crippen molar-refractivity contribution in [2.75, 3.05) is 19.1 Å². The van der Waals surface area contributed by atoms with Crippen molar-refractivity contribution in [2.45, 2.75) is 25.9 Å². The van der Waals surface area contributed by atoms with Gasteiger partial charge in [0.15, 0.2) is 0 Å². The van der Waals surface area contributed by atoms with Crippen molar-refractivity contribution in [2.24, 2.45) is 0 Å². The fraction of sp³-hybridized carbons (Fsp3) is 0.286. The van der Waals surface area contributed by atoms with Crippen LogP contribution in [0.2, 0.25) is 0 Å². The molecule has 1 heterocycles. The Hall–Kier alpha value is -3.35. The molecule has 146 valence electrons. The van der Waals surface area contributed by atoms with E-state index in [0.717, 1.165) is 5.56 Å². The SMILES string of the molecule is COc1ccc(CC(=O)N(C)c2cc3c(cc2[N+](=O)[O-])OC(C)(C)C=C3)cc1. The quantitative estimate of drug-likeness (QED) is 0.577. The number of anilines is 1. The van der Waals surface area contributed by atoms with E-state index >= 15 is 0 Å². The highest BCUT2D eigenvalue weighted by Gasteiger charge is 2.28. The van der Waals surface area contributed by atoms with Crippen molar-refractivity contribution in [1.82, 2.24) is 0 Å². The molecule has 0 aliphatic carbocycles. The summed E-state index contributed by atoms with van der Waals surface area (Å²) in [5, 5.41) is 11.6. The van der Waals surface area contributed by atoms with Crippen molar-refractivity contribution >= 4 is 23.4 Å². The molecule has 2 aromatic rings. The number of nitro groups is 1. The molecule has 0 fully saturated rings. The minimum atomic E-state index is -0.543. The van der Waals surface area contributed by atoms with Gasteiger partial charge in [-0.15, -0.1) is 0 Å². The van der Waals surface area contributed by atoms with Crippen molar-refractivity contribution in [3.8, 4) is 11.5 Å². The third-order valence-corrected chi connectivity index (χ3v) is 4.59. The topological polar surface area (TPSA) is 81.9 Å². The molecule has 7 heteroatoms. The molecule has 0 N–H and O–H groups in total. The first kappa shape index (κ1) is 19.4. The number of rotatable bonds is 5. The minimum Gasteiger partial charge on any atom is -0.497 e. The van der Waals surface area contributed by atoms with Crippen LogP contribution in [0, 0.1) is 10.1 Å². The zero-order valence-corrected chi connectivity index (χ0v) is 16.3. The number of fused-ring (bicyclic) bond motifs is 1. The number of nitro benzene ring substituents is 1. The van der Waals surface area contributed by atoms with E-state index in [-0.39, 0.29) is 23.7 Å². The molecular formula is C21H22N2O5. The highest BCUT2D eigenvalue weighted by atomic mass is 16.6. The second kappa shape index (κ2) is 7.34. The molecule has 1 aliphatic heterocycles. The smallest absolute Gasteiger partial charge is 0.296 e. The van der Waals surface area contributed by atoms with Gasteiger partial charge in [-0.2, -0.15) is 0 Å². The second-order valence-electron chi connectivity index (χ2n) is 7.15. The monoisotopic (exact) mass is 382 g/mol. The Labute approximate surface area is 163 Å². The van der Waals surface area contributed by atoms with Crippen molar-refractivity contribution in [3.05, 3.63) is 63.7 Å². The number of hydrogen-bond donors (Lipinski definition) is 0. The predicted octanol–water partition coefficient (Wildman–Crippen LogP) is 3.99. The first-order valence-corrected chi connectivity index (χ1v) is 8.80. The normalized spacial score (nSPS) is 14.0. The summed E-state index contributed by atoms with van der Waals surface area (Å²) in [4.78, 5) is 25.2. The molecular weight excluding hydrogens is 360 g/mol. The third kappa shape index (κ3) is 3.98. The molecule has 0 aromatic heterocycles. The highest BCUT2D eigenvalue weighted by molar-refractivity contribution is 5.97. The van der Waals surface area contributed by atoms with Gasteiger partial charge in [-0.05, 0) is 43.7 Å². The number of likely N-dealkylation sites (N-methyl/N-ethyl adjacent to an activating group) is 1. The van der Waals surface area contributed by atoms with Gasteiger partial charge in [0.05, 0.1) is 24.5 Å². The summed E-state index contributed by atoms with van der Waals surface area (Å²) in [6, 6.07) is 10.1. The maximum atomic E-state index is 12.7. The standard InChI is InChI=1S/C21H22N2O5/c1-21(2)10-9-15-12-17(18(23(25)26)13-19(15)28-21)22(3)20(24)11-14-5-7-16(27-4)8-6-14/h5-10,12-13H,11H2,1-4H3. The van der Waals surface area contributed by atoms with Crippen LogP contribution in [-0.4, -0.2) is 30.6 Å². The molecule has 0 atom stereocenters. The van der Waals surface area contributed by atoms with E-state index < -0.39 is 10.5 Å². The second-order valence-corrected chi connectivity index (χ2v) is 7.15. The number of ether oxygens (including phenoxy) is 2. The van der Waals surface area contributed by atoms with Crippen LogP contribution in [0.5, 0.6) is 11.5 Å². The van der Waals surface area contributed by atoms with E-state index in [4.69, 9.17) is 9.47 Å². The number of carbonyl (C=O) groups is 1. The van der Waals surface area contributed by atoms with Crippen LogP contribution in [0.1, 0.15) is 25.0 Å². The van der Waals surface area contributed by atoms with E-state index in [0.29, 0.717) is 17.1 Å². The van der Waals surface area contributed by atoms with Gasteiger partial charge < -0.3 is 14.4 Å². The van der Waals surface area contributed by atoms with Gasteiger partial charge >= 0.3 is 0 Å². The molecule has 7 nitrogen and oxygen atoms in total. The van der Waals surface area contributed by atoms with Crippen LogP contribution < -0.4 is 14.4 Å². The molecule has 0 unspecified atom stereocenters. The number of methoxy groups -OCH3 is 1. The lowest BCUT2D eigenvalue weighted by Gasteiger charge is -2.28. The van der Waals surface area contributed by atoms with Gasteiger partial charge in [0.2, 0.25) is 5.91 Å². The number of nitrogens with zero attached hydrogens (tertiary/aromatic N) is 2. The van der Waals surface area contributed by atoms with Crippen molar-refractivity contribution in [1.29, 1.82) is 0 Å². The largest absolute Gasteiger partial charge is 0.497 e. The fourth-order valence-electron chi connectivity index (χ4n) is 2.99.